The minimum Gasteiger partial charge on any atom is -0.496 e. The molecule has 0 aliphatic rings. The number of aromatic nitrogens is 1. The number of furan rings is 1. The van der Waals surface area contributed by atoms with E-state index in [0.717, 1.165) is 45.4 Å². The predicted molar refractivity (Wildman–Crippen MR) is 103 cm³/mol. The van der Waals surface area contributed by atoms with Gasteiger partial charge in [-0.1, -0.05) is 0 Å². The van der Waals surface area contributed by atoms with E-state index in [9.17, 15) is 14.9 Å². The highest BCUT2D eigenvalue weighted by molar-refractivity contribution is 7.18. The van der Waals surface area contributed by atoms with Crippen LogP contribution in [0.2, 0.25) is 0 Å². The summed E-state index contributed by atoms with van der Waals surface area (Å²) in [5.41, 5.74) is 3.18. The molecule has 0 saturated carbocycles. The minimum atomic E-state index is -0.552. The Hall–Kier alpha value is -3.20. The highest BCUT2D eigenvalue weighted by Crippen LogP contribution is 2.35. The van der Waals surface area contributed by atoms with Gasteiger partial charge in [0.2, 0.25) is 5.91 Å². The zero-order chi connectivity index (χ0) is 19.7. The second-order valence-electron chi connectivity index (χ2n) is 5.91. The summed E-state index contributed by atoms with van der Waals surface area (Å²) in [6.45, 7) is 5.65. The Labute approximate surface area is 158 Å². The van der Waals surface area contributed by atoms with E-state index in [1.54, 1.807) is 20.1 Å². The molecule has 140 valence electrons. The van der Waals surface area contributed by atoms with E-state index in [-0.39, 0.29) is 10.1 Å². The SMILES string of the molecule is COc1cc2oc(C)c(C)c2cc1/C(C)=C/C(=O)Nc1ncc([N+](=O)[O-])s1. The van der Waals surface area contributed by atoms with E-state index in [2.05, 4.69) is 10.3 Å². The lowest BCUT2D eigenvalue weighted by molar-refractivity contribution is -0.380. The van der Waals surface area contributed by atoms with Crippen LogP contribution in [0.4, 0.5) is 10.1 Å². The average molecular weight is 387 g/mol. The van der Waals surface area contributed by atoms with Crippen LogP contribution in [0.5, 0.6) is 5.75 Å². The standard InChI is InChI=1S/C18H17N3O5S/c1-9(5-16(22)20-18-19-8-17(27-18)21(23)24)12-6-13-10(2)11(3)26-15(13)7-14(12)25-4/h5-8H,1-4H3,(H,19,20,22)/b9-5+. The molecule has 0 spiro atoms. The third kappa shape index (κ3) is 3.68. The fourth-order valence-corrected chi connectivity index (χ4v) is 3.31. The Morgan fingerprint density at radius 3 is 2.78 bits per heavy atom. The summed E-state index contributed by atoms with van der Waals surface area (Å²) < 4.78 is 11.2. The van der Waals surface area contributed by atoms with Gasteiger partial charge in [-0.15, -0.1) is 0 Å². The molecule has 1 N–H and O–H groups in total. The number of carbonyl (C=O) groups excluding carboxylic acids is 1. The first-order valence-electron chi connectivity index (χ1n) is 7.97. The molecule has 0 aliphatic heterocycles. The van der Waals surface area contributed by atoms with E-state index in [1.807, 2.05) is 19.9 Å². The lowest BCUT2D eigenvalue weighted by Crippen LogP contribution is -2.08. The molecule has 0 unspecified atom stereocenters. The number of fused-ring (bicyclic) bond motifs is 1. The van der Waals surface area contributed by atoms with Crippen LogP contribution < -0.4 is 10.1 Å². The van der Waals surface area contributed by atoms with Gasteiger partial charge in [-0.3, -0.25) is 20.2 Å². The van der Waals surface area contributed by atoms with Crippen molar-refractivity contribution in [1.82, 2.24) is 4.98 Å². The van der Waals surface area contributed by atoms with Crippen LogP contribution >= 0.6 is 11.3 Å². The first kappa shape index (κ1) is 18.6. The molecule has 8 nitrogen and oxygen atoms in total. The zero-order valence-corrected chi connectivity index (χ0v) is 16.0. The van der Waals surface area contributed by atoms with E-state index in [0.29, 0.717) is 11.3 Å². The number of hydrogen-bond acceptors (Lipinski definition) is 7. The number of methoxy groups -OCH3 is 1. The number of rotatable bonds is 5. The van der Waals surface area contributed by atoms with Crippen LogP contribution in [0.15, 0.2) is 28.8 Å². The lowest BCUT2D eigenvalue weighted by atomic mass is 10.0. The number of thiazole rings is 1. The Kier molecular flexibility index (Phi) is 4.95. The number of ether oxygens (including phenoxy) is 1. The van der Waals surface area contributed by atoms with Gasteiger partial charge in [-0.2, -0.15) is 0 Å². The lowest BCUT2D eigenvalue weighted by Gasteiger charge is -2.09. The predicted octanol–water partition coefficient (Wildman–Crippen LogP) is 4.46. The Balaban J connectivity index is 1.90. The second-order valence-corrected chi connectivity index (χ2v) is 6.92. The molecule has 27 heavy (non-hydrogen) atoms. The number of nitrogens with one attached hydrogen (secondary N) is 1. The average Bonchev–Trinajstić information content (AvgIpc) is 3.18. The summed E-state index contributed by atoms with van der Waals surface area (Å²) >= 11 is 0.798. The van der Waals surface area contributed by atoms with E-state index in [1.165, 1.54) is 6.08 Å². The first-order valence-corrected chi connectivity index (χ1v) is 8.79. The van der Waals surface area contributed by atoms with Gasteiger partial charge in [0.15, 0.2) is 5.13 Å². The minimum absolute atomic E-state index is 0.135. The molecule has 0 atom stereocenters. The smallest absolute Gasteiger partial charge is 0.345 e. The molecule has 3 aromatic rings. The molecule has 2 heterocycles. The second kappa shape index (κ2) is 7.20. The molecule has 0 aliphatic carbocycles. The Morgan fingerprint density at radius 2 is 2.15 bits per heavy atom. The fraction of sp³-hybridized carbons (Fsp3) is 0.222. The van der Waals surface area contributed by atoms with E-state index < -0.39 is 10.8 Å². The fourth-order valence-electron chi connectivity index (χ4n) is 2.67. The maximum atomic E-state index is 12.3. The molecule has 2 aromatic heterocycles. The summed E-state index contributed by atoms with van der Waals surface area (Å²) in [5, 5.41) is 14.2. The zero-order valence-electron chi connectivity index (χ0n) is 15.2. The number of allylic oxidation sites excluding steroid dienone is 1. The number of anilines is 1. The maximum Gasteiger partial charge on any atom is 0.345 e. The van der Waals surface area contributed by atoms with Crippen molar-refractivity contribution in [1.29, 1.82) is 0 Å². The maximum absolute atomic E-state index is 12.3. The van der Waals surface area contributed by atoms with Crippen LogP contribution in [0.3, 0.4) is 0 Å². The highest BCUT2D eigenvalue weighted by Gasteiger charge is 2.16. The molecule has 0 bridgehead atoms. The summed E-state index contributed by atoms with van der Waals surface area (Å²) in [6.07, 6.45) is 2.51. The van der Waals surface area contributed by atoms with Crippen LogP contribution in [0, 0.1) is 24.0 Å². The largest absolute Gasteiger partial charge is 0.496 e. The van der Waals surface area contributed by atoms with Crippen molar-refractivity contribution in [2.24, 2.45) is 0 Å². The van der Waals surface area contributed by atoms with Gasteiger partial charge in [-0.25, -0.2) is 4.98 Å². The van der Waals surface area contributed by atoms with Crippen molar-refractivity contribution in [2.75, 3.05) is 12.4 Å². The van der Waals surface area contributed by atoms with Crippen molar-refractivity contribution < 1.29 is 18.9 Å². The van der Waals surface area contributed by atoms with Crippen LogP contribution in [0.1, 0.15) is 23.8 Å². The van der Waals surface area contributed by atoms with Crippen molar-refractivity contribution in [3.63, 3.8) is 0 Å². The van der Waals surface area contributed by atoms with Crippen LogP contribution in [0.25, 0.3) is 16.5 Å². The van der Waals surface area contributed by atoms with Crippen LogP contribution in [-0.4, -0.2) is 22.9 Å². The van der Waals surface area contributed by atoms with Gasteiger partial charge in [0.25, 0.3) is 0 Å². The Bertz CT molecular complexity index is 1080. The number of hydrogen-bond donors (Lipinski definition) is 1. The monoisotopic (exact) mass is 387 g/mol. The number of nitro groups is 1. The molecule has 1 amide bonds. The number of aryl methyl sites for hydroxylation is 2. The van der Waals surface area contributed by atoms with E-state index >= 15 is 0 Å². The third-order valence-corrected chi connectivity index (χ3v) is 5.04. The van der Waals surface area contributed by atoms with Crippen molar-refractivity contribution in [3.8, 4) is 5.75 Å². The summed E-state index contributed by atoms with van der Waals surface area (Å²) in [6, 6.07) is 3.72. The highest BCUT2D eigenvalue weighted by atomic mass is 32.1. The summed E-state index contributed by atoms with van der Waals surface area (Å²) in [7, 11) is 1.55. The first-order chi connectivity index (χ1) is 12.8. The molecule has 0 fully saturated rings. The van der Waals surface area contributed by atoms with Crippen molar-refractivity contribution >= 4 is 43.9 Å². The molecule has 1 aromatic carbocycles. The summed E-state index contributed by atoms with van der Waals surface area (Å²) in [5.74, 6) is 0.982. The molecule has 9 heteroatoms. The van der Waals surface area contributed by atoms with Crippen LogP contribution in [-0.2, 0) is 4.79 Å². The topological polar surface area (TPSA) is 108 Å². The number of amides is 1. The molecule has 3 rings (SSSR count). The van der Waals surface area contributed by atoms with Gasteiger partial charge in [0.05, 0.1) is 12.0 Å². The van der Waals surface area contributed by atoms with E-state index in [4.69, 9.17) is 9.15 Å². The molecule has 0 saturated heterocycles. The molecule has 0 radical (unpaired) electrons. The third-order valence-electron chi connectivity index (χ3n) is 4.17. The van der Waals surface area contributed by atoms with Gasteiger partial charge in [-0.05, 0) is 49.3 Å². The number of carbonyl (C=O) groups is 1. The normalized spacial score (nSPS) is 11.6. The molecular weight excluding hydrogens is 370 g/mol. The number of benzene rings is 1. The van der Waals surface area contributed by atoms with Gasteiger partial charge in [0.1, 0.15) is 23.3 Å². The van der Waals surface area contributed by atoms with Crippen molar-refractivity contribution in [2.45, 2.75) is 20.8 Å². The summed E-state index contributed by atoms with van der Waals surface area (Å²) in [4.78, 5) is 26.2. The molecular formula is C18H17N3O5S. The van der Waals surface area contributed by atoms with Gasteiger partial charge >= 0.3 is 5.00 Å². The van der Waals surface area contributed by atoms with Crippen molar-refractivity contribution in [3.05, 3.63) is 51.4 Å². The van der Waals surface area contributed by atoms with Gasteiger partial charge in [0, 0.05) is 23.1 Å². The number of nitrogens with zero attached hydrogens (tertiary/aromatic N) is 2. The Morgan fingerprint density at radius 1 is 1.41 bits per heavy atom. The quantitative estimate of drug-likeness (QED) is 0.393. The van der Waals surface area contributed by atoms with Gasteiger partial charge < -0.3 is 9.15 Å².